The summed E-state index contributed by atoms with van der Waals surface area (Å²) in [6.07, 6.45) is -4.38. The van der Waals surface area contributed by atoms with Crippen molar-refractivity contribution in [3.05, 3.63) is 65.2 Å². The molecule has 28 heavy (non-hydrogen) atoms. The third-order valence-corrected chi connectivity index (χ3v) is 3.44. The van der Waals surface area contributed by atoms with Crippen LogP contribution >= 0.6 is 0 Å². The number of alkyl halides is 3. The number of carbonyl (C=O) groups is 2. The molecular formula is C19H18F3NO5. The van der Waals surface area contributed by atoms with Gasteiger partial charge >= 0.3 is 12.1 Å². The van der Waals surface area contributed by atoms with E-state index in [9.17, 15) is 22.8 Å². The summed E-state index contributed by atoms with van der Waals surface area (Å²) in [5.74, 6) is -1.28. The van der Waals surface area contributed by atoms with Crippen molar-refractivity contribution in [2.24, 2.45) is 0 Å². The highest BCUT2D eigenvalue weighted by Crippen LogP contribution is 2.16. The number of aliphatic carboxylic acids is 1. The van der Waals surface area contributed by atoms with Crippen LogP contribution in [0.15, 0.2) is 48.5 Å². The van der Waals surface area contributed by atoms with E-state index in [1.54, 1.807) is 36.4 Å². The molecule has 9 heteroatoms. The number of carboxylic acids is 1. The lowest BCUT2D eigenvalue weighted by atomic mass is 10.1. The number of halogens is 3. The molecule has 1 amide bonds. The minimum Gasteiger partial charge on any atom is -0.482 e. The second kappa shape index (κ2) is 9.75. The zero-order chi connectivity index (χ0) is 20.6. The second-order valence-electron chi connectivity index (χ2n) is 5.82. The highest BCUT2D eigenvalue weighted by atomic mass is 19.4. The minimum atomic E-state index is -4.38. The highest BCUT2D eigenvalue weighted by Gasteiger charge is 2.27. The number of amides is 1. The number of ether oxygens (including phenoxy) is 2. The molecular weight excluding hydrogens is 379 g/mol. The fraction of sp³-hybridized carbons (Fsp3) is 0.263. The standard InChI is InChI=1S/C19H18F3NO5/c20-19(21,22)12-27-10-14-4-1-3-13(7-14)9-23-18(26)15-5-2-6-16(8-15)28-11-17(24)25/h1-8H,9-12H2,(H,23,26)(H,24,25). The molecule has 0 bridgehead atoms. The van der Waals surface area contributed by atoms with Gasteiger partial charge in [-0.25, -0.2) is 4.79 Å². The first-order chi connectivity index (χ1) is 13.2. The van der Waals surface area contributed by atoms with Crippen molar-refractivity contribution in [2.75, 3.05) is 13.2 Å². The van der Waals surface area contributed by atoms with E-state index in [0.717, 1.165) is 0 Å². The number of nitrogens with one attached hydrogen (secondary N) is 1. The zero-order valence-electron chi connectivity index (χ0n) is 14.7. The summed E-state index contributed by atoms with van der Waals surface area (Å²) in [6, 6.07) is 12.7. The van der Waals surface area contributed by atoms with E-state index in [4.69, 9.17) is 9.84 Å². The van der Waals surface area contributed by atoms with Gasteiger partial charge in [0.05, 0.1) is 6.61 Å². The number of rotatable bonds is 9. The Balaban J connectivity index is 1.89. The molecule has 0 heterocycles. The Morgan fingerprint density at radius 1 is 1.04 bits per heavy atom. The lowest BCUT2D eigenvalue weighted by Gasteiger charge is -2.10. The Kier molecular flexibility index (Phi) is 7.39. The monoisotopic (exact) mass is 397 g/mol. The number of benzene rings is 2. The molecule has 0 aliphatic heterocycles. The van der Waals surface area contributed by atoms with Gasteiger partial charge in [0, 0.05) is 12.1 Å². The van der Waals surface area contributed by atoms with E-state index in [1.165, 1.54) is 12.1 Å². The molecule has 0 saturated carbocycles. The molecule has 0 aliphatic carbocycles. The van der Waals surface area contributed by atoms with Gasteiger partial charge in [-0.15, -0.1) is 0 Å². The zero-order valence-corrected chi connectivity index (χ0v) is 14.7. The van der Waals surface area contributed by atoms with Crippen molar-refractivity contribution in [3.8, 4) is 5.75 Å². The van der Waals surface area contributed by atoms with Crippen molar-refractivity contribution in [1.82, 2.24) is 5.32 Å². The normalized spacial score (nSPS) is 11.1. The molecule has 0 aliphatic rings. The average molecular weight is 397 g/mol. The summed E-state index contributed by atoms with van der Waals surface area (Å²) >= 11 is 0. The number of carboxylic acid groups (broad SMARTS) is 1. The van der Waals surface area contributed by atoms with Crippen LogP contribution in [0, 0.1) is 0 Å². The SMILES string of the molecule is O=C(O)COc1cccc(C(=O)NCc2cccc(COCC(F)(F)F)c2)c1. The van der Waals surface area contributed by atoms with Gasteiger partial charge in [0.25, 0.3) is 5.91 Å². The molecule has 2 aromatic rings. The van der Waals surface area contributed by atoms with Gasteiger partial charge in [-0.2, -0.15) is 13.2 Å². The third kappa shape index (κ3) is 7.67. The van der Waals surface area contributed by atoms with Gasteiger partial charge in [-0.3, -0.25) is 4.79 Å². The van der Waals surface area contributed by atoms with E-state index >= 15 is 0 Å². The molecule has 0 aromatic heterocycles. The van der Waals surface area contributed by atoms with E-state index < -0.39 is 31.3 Å². The van der Waals surface area contributed by atoms with Crippen LogP contribution < -0.4 is 10.1 Å². The third-order valence-electron chi connectivity index (χ3n) is 3.44. The van der Waals surface area contributed by atoms with E-state index in [1.807, 2.05) is 0 Å². The molecule has 0 radical (unpaired) electrons. The van der Waals surface area contributed by atoms with E-state index in [2.05, 4.69) is 10.1 Å². The fourth-order valence-electron chi connectivity index (χ4n) is 2.27. The average Bonchev–Trinajstić information content (AvgIpc) is 2.64. The van der Waals surface area contributed by atoms with Crippen molar-refractivity contribution >= 4 is 11.9 Å². The van der Waals surface area contributed by atoms with Crippen LogP contribution in [0.3, 0.4) is 0 Å². The van der Waals surface area contributed by atoms with Crippen molar-refractivity contribution < 1.29 is 37.3 Å². The summed E-state index contributed by atoms with van der Waals surface area (Å²) in [4.78, 5) is 22.8. The molecule has 0 spiro atoms. The first-order valence-corrected chi connectivity index (χ1v) is 8.18. The maximum atomic E-state index is 12.2. The molecule has 6 nitrogen and oxygen atoms in total. The summed E-state index contributed by atoms with van der Waals surface area (Å²) < 4.78 is 46.0. The summed E-state index contributed by atoms with van der Waals surface area (Å²) in [5.41, 5.74) is 1.53. The maximum Gasteiger partial charge on any atom is 0.411 e. The predicted molar refractivity (Wildman–Crippen MR) is 92.9 cm³/mol. The van der Waals surface area contributed by atoms with Gasteiger partial charge < -0.3 is 19.9 Å². The minimum absolute atomic E-state index is 0.159. The van der Waals surface area contributed by atoms with Gasteiger partial charge in [0.15, 0.2) is 6.61 Å². The van der Waals surface area contributed by atoms with Gasteiger partial charge in [0.1, 0.15) is 12.4 Å². The molecule has 0 unspecified atom stereocenters. The Hall–Kier alpha value is -3.07. The first kappa shape index (κ1) is 21.2. The largest absolute Gasteiger partial charge is 0.482 e. The molecule has 2 rings (SSSR count). The van der Waals surface area contributed by atoms with Crippen molar-refractivity contribution in [1.29, 1.82) is 0 Å². The molecule has 150 valence electrons. The van der Waals surface area contributed by atoms with Gasteiger partial charge in [-0.05, 0) is 29.3 Å². The lowest BCUT2D eigenvalue weighted by Crippen LogP contribution is -2.23. The van der Waals surface area contributed by atoms with Crippen LogP contribution in [-0.4, -0.2) is 36.4 Å². The fourth-order valence-corrected chi connectivity index (χ4v) is 2.27. The van der Waals surface area contributed by atoms with Crippen LogP contribution in [0.5, 0.6) is 5.75 Å². The molecule has 2 aromatic carbocycles. The second-order valence-corrected chi connectivity index (χ2v) is 5.82. The quantitative estimate of drug-likeness (QED) is 0.679. The van der Waals surface area contributed by atoms with Crippen molar-refractivity contribution in [2.45, 2.75) is 19.3 Å². The molecule has 0 atom stereocenters. The number of carbonyl (C=O) groups excluding carboxylic acids is 1. The highest BCUT2D eigenvalue weighted by molar-refractivity contribution is 5.94. The predicted octanol–water partition coefficient (Wildman–Crippen LogP) is 3.16. The smallest absolute Gasteiger partial charge is 0.411 e. The molecule has 2 N–H and O–H groups in total. The van der Waals surface area contributed by atoms with Crippen LogP contribution in [0.25, 0.3) is 0 Å². The molecule has 0 saturated heterocycles. The first-order valence-electron chi connectivity index (χ1n) is 8.18. The Labute approximate surface area is 158 Å². The topological polar surface area (TPSA) is 84.9 Å². The Bertz CT molecular complexity index is 823. The number of hydrogen-bond donors (Lipinski definition) is 2. The maximum absolute atomic E-state index is 12.2. The van der Waals surface area contributed by atoms with Gasteiger partial charge in [0.2, 0.25) is 0 Å². The Morgan fingerprint density at radius 3 is 2.46 bits per heavy atom. The molecule has 0 fully saturated rings. The van der Waals surface area contributed by atoms with Crippen LogP contribution in [0.4, 0.5) is 13.2 Å². The van der Waals surface area contributed by atoms with Crippen molar-refractivity contribution in [3.63, 3.8) is 0 Å². The van der Waals surface area contributed by atoms with Gasteiger partial charge in [-0.1, -0.05) is 30.3 Å². The van der Waals surface area contributed by atoms with Crippen LogP contribution in [0.2, 0.25) is 0 Å². The number of hydrogen-bond acceptors (Lipinski definition) is 4. The van der Waals surface area contributed by atoms with E-state index in [-0.39, 0.29) is 24.5 Å². The van der Waals surface area contributed by atoms with Crippen LogP contribution in [0.1, 0.15) is 21.5 Å². The lowest BCUT2D eigenvalue weighted by molar-refractivity contribution is -0.176. The summed E-state index contributed by atoms with van der Waals surface area (Å²) in [6.45, 7) is -1.88. The summed E-state index contributed by atoms with van der Waals surface area (Å²) in [7, 11) is 0. The van der Waals surface area contributed by atoms with E-state index in [0.29, 0.717) is 11.1 Å². The Morgan fingerprint density at radius 2 is 1.75 bits per heavy atom. The summed E-state index contributed by atoms with van der Waals surface area (Å²) in [5, 5.41) is 11.3. The van der Waals surface area contributed by atoms with Crippen LogP contribution in [-0.2, 0) is 22.7 Å².